The summed E-state index contributed by atoms with van der Waals surface area (Å²) < 4.78 is 10.9. The van der Waals surface area contributed by atoms with E-state index in [4.69, 9.17) is 9.15 Å². The fraction of sp³-hybridized carbons (Fsp3) is 0.762. The van der Waals surface area contributed by atoms with Gasteiger partial charge in [-0.1, -0.05) is 34.1 Å². The normalized spacial score (nSPS) is 14.2. The number of rotatable bonds is 9. The predicted molar refractivity (Wildman–Crippen MR) is 114 cm³/mol. The molecule has 0 saturated heterocycles. The van der Waals surface area contributed by atoms with E-state index in [1.54, 1.807) is 27.0 Å². The summed E-state index contributed by atoms with van der Waals surface area (Å²) in [5.41, 5.74) is -0.381. The van der Waals surface area contributed by atoms with Crippen LogP contribution in [-0.2, 0) is 9.53 Å². The quantitative estimate of drug-likeness (QED) is 0.557. The first-order valence-electron chi connectivity index (χ1n) is 10.3. The molecule has 0 saturated carbocycles. The molecular formula is C21H38N4O4. The summed E-state index contributed by atoms with van der Waals surface area (Å²) >= 11 is 0. The maximum absolute atomic E-state index is 12.6. The van der Waals surface area contributed by atoms with Crippen LogP contribution in [0.2, 0.25) is 0 Å². The van der Waals surface area contributed by atoms with Crippen molar-refractivity contribution >= 4 is 18.0 Å². The molecule has 3 N–H and O–H groups in total. The second-order valence-corrected chi connectivity index (χ2v) is 9.53. The fourth-order valence-electron chi connectivity index (χ4n) is 2.51. The summed E-state index contributed by atoms with van der Waals surface area (Å²) in [5, 5.41) is 8.64. The van der Waals surface area contributed by atoms with Crippen LogP contribution in [0.15, 0.2) is 10.6 Å². The first-order valence-corrected chi connectivity index (χ1v) is 10.3. The molecule has 0 bridgehead atoms. The number of nitrogens with one attached hydrogen (secondary N) is 3. The van der Waals surface area contributed by atoms with Gasteiger partial charge in [0.15, 0.2) is 0 Å². The molecule has 0 aliphatic carbocycles. The third kappa shape index (κ3) is 10.3. The van der Waals surface area contributed by atoms with Crippen LogP contribution in [0.5, 0.6) is 0 Å². The van der Waals surface area contributed by atoms with Crippen molar-refractivity contribution < 1.29 is 18.7 Å². The second-order valence-electron chi connectivity index (χ2n) is 9.53. The fourth-order valence-corrected chi connectivity index (χ4v) is 2.51. The van der Waals surface area contributed by atoms with Crippen molar-refractivity contribution in [3.63, 3.8) is 0 Å². The number of carbonyl (C=O) groups excluding carboxylic acids is 2. The number of anilines is 1. The monoisotopic (exact) mass is 410 g/mol. The number of oxazole rings is 1. The van der Waals surface area contributed by atoms with Gasteiger partial charge in [-0.05, 0) is 52.5 Å². The smallest absolute Gasteiger partial charge is 0.408 e. The van der Waals surface area contributed by atoms with Crippen LogP contribution >= 0.6 is 0 Å². The molecule has 0 aliphatic rings. The van der Waals surface area contributed by atoms with Gasteiger partial charge in [-0.3, -0.25) is 10.1 Å². The molecule has 166 valence electrons. The van der Waals surface area contributed by atoms with Crippen LogP contribution in [0.1, 0.15) is 86.5 Å². The Morgan fingerprint density at radius 2 is 1.86 bits per heavy atom. The summed E-state index contributed by atoms with van der Waals surface area (Å²) in [6, 6.07) is -0.643. The van der Waals surface area contributed by atoms with Gasteiger partial charge in [-0.25, -0.2) is 9.78 Å². The van der Waals surface area contributed by atoms with Crippen LogP contribution in [0.4, 0.5) is 10.8 Å². The van der Waals surface area contributed by atoms with Gasteiger partial charge < -0.3 is 19.8 Å². The summed E-state index contributed by atoms with van der Waals surface area (Å²) in [4.78, 5) is 28.7. The number of alkyl carbamates (subject to hydrolysis) is 1. The lowest BCUT2D eigenvalue weighted by atomic mass is 9.92. The van der Waals surface area contributed by atoms with Crippen molar-refractivity contribution in [2.45, 2.75) is 92.3 Å². The molecule has 0 fully saturated rings. The van der Waals surface area contributed by atoms with Crippen LogP contribution in [0.25, 0.3) is 0 Å². The molecule has 1 aromatic heterocycles. The van der Waals surface area contributed by atoms with Gasteiger partial charge in [0.1, 0.15) is 17.4 Å². The standard InChI is InChI=1S/C21H38N4O4/c1-9-10-15(24-19(27)29-21(6,7)8)17(26)25-18-23-13-16(28-18)14(2)22-12-11-20(3,4)5/h13-15,22H,9-12H2,1-8H3,(H,24,27)(H,23,25,26). The molecule has 29 heavy (non-hydrogen) atoms. The van der Waals surface area contributed by atoms with E-state index in [1.807, 2.05) is 13.8 Å². The Labute approximate surface area is 174 Å². The molecule has 1 heterocycles. The van der Waals surface area contributed by atoms with Crippen LogP contribution in [0, 0.1) is 5.41 Å². The number of nitrogens with zero attached hydrogens (tertiary/aromatic N) is 1. The summed E-state index contributed by atoms with van der Waals surface area (Å²) in [7, 11) is 0. The molecule has 1 aromatic rings. The summed E-state index contributed by atoms with van der Waals surface area (Å²) in [6.45, 7) is 16.7. The molecule has 8 nitrogen and oxygen atoms in total. The van der Waals surface area contributed by atoms with E-state index in [0.717, 1.165) is 19.4 Å². The van der Waals surface area contributed by atoms with Crippen LogP contribution < -0.4 is 16.0 Å². The highest BCUT2D eigenvalue weighted by Crippen LogP contribution is 2.20. The van der Waals surface area contributed by atoms with Gasteiger partial charge in [0, 0.05) is 0 Å². The Hall–Kier alpha value is -2.09. The number of amides is 2. The lowest BCUT2D eigenvalue weighted by molar-refractivity contribution is -0.118. The number of hydrogen-bond donors (Lipinski definition) is 3. The molecule has 2 amide bonds. The molecule has 8 heteroatoms. The Morgan fingerprint density at radius 3 is 2.41 bits per heavy atom. The summed E-state index contributed by atoms with van der Waals surface area (Å²) in [5.74, 6) is 0.251. The number of aromatic nitrogens is 1. The summed E-state index contributed by atoms with van der Waals surface area (Å²) in [6.07, 6.45) is 3.20. The van der Waals surface area contributed by atoms with Crippen molar-refractivity contribution in [2.75, 3.05) is 11.9 Å². The van der Waals surface area contributed by atoms with Gasteiger partial charge in [-0.15, -0.1) is 0 Å². The van der Waals surface area contributed by atoms with Gasteiger partial charge >= 0.3 is 12.1 Å². The SMILES string of the molecule is CCCC(NC(=O)OC(C)(C)C)C(=O)Nc1ncc(C(C)NCCC(C)(C)C)o1. The second kappa shape index (κ2) is 10.6. The minimum Gasteiger partial charge on any atom is -0.444 e. The van der Waals surface area contributed by atoms with Crippen LogP contribution in [-0.4, -0.2) is 35.2 Å². The topological polar surface area (TPSA) is 105 Å². The molecule has 0 spiro atoms. The van der Waals surface area contributed by atoms with E-state index in [2.05, 4.69) is 41.7 Å². The zero-order chi connectivity index (χ0) is 22.2. The highest BCUT2D eigenvalue weighted by atomic mass is 16.6. The van der Waals surface area contributed by atoms with E-state index in [-0.39, 0.29) is 23.4 Å². The van der Waals surface area contributed by atoms with Gasteiger partial charge in [0.05, 0.1) is 12.2 Å². The van der Waals surface area contributed by atoms with Crippen LogP contribution in [0.3, 0.4) is 0 Å². The zero-order valence-electron chi connectivity index (χ0n) is 19.1. The third-order valence-electron chi connectivity index (χ3n) is 4.09. The Bertz CT molecular complexity index is 658. The third-order valence-corrected chi connectivity index (χ3v) is 4.09. The molecule has 1 rings (SSSR count). The minimum atomic E-state index is -0.729. The Morgan fingerprint density at radius 1 is 1.21 bits per heavy atom. The largest absolute Gasteiger partial charge is 0.444 e. The van der Waals surface area contributed by atoms with E-state index in [0.29, 0.717) is 12.2 Å². The van der Waals surface area contributed by atoms with Crippen molar-refractivity contribution in [2.24, 2.45) is 5.41 Å². The first kappa shape index (κ1) is 24.9. The molecule has 2 unspecified atom stereocenters. The predicted octanol–water partition coefficient (Wildman–Crippen LogP) is 4.39. The first-order chi connectivity index (χ1) is 13.3. The van der Waals surface area contributed by atoms with Gasteiger partial charge in [-0.2, -0.15) is 0 Å². The van der Waals surface area contributed by atoms with Gasteiger partial charge in [0.25, 0.3) is 5.91 Å². The lowest BCUT2D eigenvalue weighted by Crippen LogP contribution is -2.45. The van der Waals surface area contributed by atoms with E-state index >= 15 is 0 Å². The van der Waals surface area contributed by atoms with E-state index in [1.165, 1.54) is 0 Å². The van der Waals surface area contributed by atoms with E-state index < -0.39 is 17.7 Å². The maximum atomic E-state index is 12.6. The highest BCUT2D eigenvalue weighted by Gasteiger charge is 2.25. The Balaban J connectivity index is 2.63. The highest BCUT2D eigenvalue weighted by molar-refractivity contribution is 5.95. The average molecular weight is 411 g/mol. The average Bonchev–Trinajstić information content (AvgIpc) is 3.00. The van der Waals surface area contributed by atoms with Crippen molar-refractivity contribution in [3.8, 4) is 0 Å². The molecule has 0 aliphatic heterocycles. The van der Waals surface area contributed by atoms with Crippen molar-refractivity contribution in [1.29, 1.82) is 0 Å². The minimum absolute atomic E-state index is 0.0261. The van der Waals surface area contributed by atoms with Crippen molar-refractivity contribution in [3.05, 3.63) is 12.0 Å². The zero-order valence-corrected chi connectivity index (χ0v) is 19.1. The number of carbonyl (C=O) groups is 2. The lowest BCUT2D eigenvalue weighted by Gasteiger charge is -2.22. The maximum Gasteiger partial charge on any atom is 0.408 e. The van der Waals surface area contributed by atoms with Crippen molar-refractivity contribution in [1.82, 2.24) is 15.6 Å². The molecular weight excluding hydrogens is 372 g/mol. The van der Waals surface area contributed by atoms with Gasteiger partial charge in [0.2, 0.25) is 0 Å². The van der Waals surface area contributed by atoms with E-state index in [9.17, 15) is 9.59 Å². The Kier molecular flexibility index (Phi) is 9.14. The molecule has 2 atom stereocenters. The molecule has 0 radical (unpaired) electrons. The number of hydrogen-bond acceptors (Lipinski definition) is 6. The number of ether oxygens (including phenoxy) is 1. The molecule has 0 aromatic carbocycles.